The average Bonchev–Trinajstić information content (AvgIpc) is 2.51. The van der Waals surface area contributed by atoms with Gasteiger partial charge in [0.25, 0.3) is 0 Å². The van der Waals surface area contributed by atoms with Crippen molar-refractivity contribution in [3.8, 4) is 0 Å². The highest BCUT2D eigenvalue weighted by Gasteiger charge is 2.29. The summed E-state index contributed by atoms with van der Waals surface area (Å²) in [6, 6.07) is 5.73. The van der Waals surface area contributed by atoms with Gasteiger partial charge in [0.1, 0.15) is 0 Å². The predicted molar refractivity (Wildman–Crippen MR) is 72.4 cm³/mol. The molecule has 0 fully saturated rings. The van der Waals surface area contributed by atoms with Gasteiger partial charge in [0.15, 0.2) is 0 Å². The van der Waals surface area contributed by atoms with E-state index in [0.717, 1.165) is 11.1 Å². The maximum absolute atomic E-state index is 12.0. The topological polar surface area (TPSA) is 46.2 Å². The van der Waals surface area contributed by atoms with Crippen LogP contribution in [0.1, 0.15) is 18.9 Å². The molecule has 2 rings (SSSR count). The van der Waals surface area contributed by atoms with E-state index in [-0.39, 0.29) is 6.04 Å². The Kier molecular flexibility index (Phi) is 3.43. The maximum atomic E-state index is 12.0. The quantitative estimate of drug-likeness (QED) is 0.932. The van der Waals surface area contributed by atoms with Crippen molar-refractivity contribution in [2.24, 2.45) is 0 Å². The van der Waals surface area contributed by atoms with Crippen molar-refractivity contribution in [2.75, 3.05) is 7.05 Å². The molecule has 1 N–H and O–H groups in total. The van der Waals surface area contributed by atoms with Crippen molar-refractivity contribution in [3.05, 3.63) is 33.6 Å². The molecule has 0 radical (unpaired) electrons. The molecular formula is C12H14BrNO2S. The molecule has 5 heteroatoms. The lowest BCUT2D eigenvalue weighted by atomic mass is 10.0. The van der Waals surface area contributed by atoms with Gasteiger partial charge in [0.05, 0.1) is 4.90 Å². The average molecular weight is 316 g/mol. The summed E-state index contributed by atoms with van der Waals surface area (Å²) in [7, 11) is -1.40. The summed E-state index contributed by atoms with van der Waals surface area (Å²) in [6.45, 7) is 2.03. The zero-order chi connectivity index (χ0) is 12.6. The van der Waals surface area contributed by atoms with Crippen LogP contribution in [0.15, 0.2) is 33.0 Å². The molecule has 92 valence electrons. The molecule has 1 heterocycles. The number of nitrogens with one attached hydrogen (secondary N) is 1. The fraction of sp³-hybridized carbons (Fsp3) is 0.333. The number of benzene rings is 1. The van der Waals surface area contributed by atoms with Gasteiger partial charge in [-0.15, -0.1) is 0 Å². The van der Waals surface area contributed by atoms with E-state index < -0.39 is 9.84 Å². The highest BCUT2D eigenvalue weighted by atomic mass is 79.9. The molecule has 1 aliphatic heterocycles. The summed E-state index contributed by atoms with van der Waals surface area (Å²) < 4.78 is 24.7. The second kappa shape index (κ2) is 4.55. The van der Waals surface area contributed by atoms with E-state index in [0.29, 0.717) is 15.8 Å². The minimum absolute atomic E-state index is 0.251. The first-order valence-corrected chi connectivity index (χ1v) is 7.71. The molecule has 1 aliphatic rings. The van der Waals surface area contributed by atoms with Gasteiger partial charge in [0, 0.05) is 15.9 Å². The first-order chi connectivity index (χ1) is 7.95. The predicted octanol–water partition coefficient (Wildman–Crippen LogP) is 2.58. The zero-order valence-electron chi connectivity index (χ0n) is 9.70. The highest BCUT2D eigenvalue weighted by molar-refractivity contribution is 9.10. The Morgan fingerprint density at radius 3 is 2.76 bits per heavy atom. The molecule has 1 aromatic carbocycles. The Hall–Kier alpha value is -0.650. The van der Waals surface area contributed by atoms with Gasteiger partial charge in [-0.3, -0.25) is 0 Å². The Labute approximate surface area is 110 Å². The largest absolute Gasteiger partial charge is 0.317 e. The van der Waals surface area contributed by atoms with Gasteiger partial charge >= 0.3 is 0 Å². The molecule has 1 atom stereocenters. The van der Waals surface area contributed by atoms with Crippen LogP contribution in [-0.2, 0) is 9.84 Å². The summed E-state index contributed by atoms with van der Waals surface area (Å²) in [5, 5.41) is 4.50. The van der Waals surface area contributed by atoms with Crippen LogP contribution in [0.3, 0.4) is 0 Å². The lowest BCUT2D eigenvalue weighted by Gasteiger charge is -2.11. The van der Waals surface area contributed by atoms with Gasteiger partial charge in [0.2, 0.25) is 9.84 Å². The maximum Gasteiger partial charge on any atom is 0.201 e. The van der Waals surface area contributed by atoms with Gasteiger partial charge < -0.3 is 5.32 Å². The monoisotopic (exact) mass is 315 g/mol. The van der Waals surface area contributed by atoms with E-state index in [1.165, 1.54) is 5.41 Å². The Morgan fingerprint density at radius 1 is 1.41 bits per heavy atom. The van der Waals surface area contributed by atoms with Crippen LogP contribution in [0.2, 0.25) is 0 Å². The molecule has 1 unspecified atom stereocenters. The lowest BCUT2D eigenvalue weighted by molar-refractivity contribution is 0.605. The summed E-state index contributed by atoms with van der Waals surface area (Å²) >= 11 is 3.31. The highest BCUT2D eigenvalue weighted by Crippen LogP contribution is 2.39. The van der Waals surface area contributed by atoms with Crippen molar-refractivity contribution in [1.29, 1.82) is 0 Å². The van der Waals surface area contributed by atoms with Crippen molar-refractivity contribution < 1.29 is 8.42 Å². The number of hydrogen-bond donors (Lipinski definition) is 1. The summed E-state index contributed by atoms with van der Waals surface area (Å²) in [5.41, 5.74) is 1.70. The fourth-order valence-corrected chi connectivity index (χ4v) is 4.55. The molecule has 0 saturated carbocycles. The van der Waals surface area contributed by atoms with Crippen molar-refractivity contribution in [1.82, 2.24) is 5.32 Å². The first kappa shape index (κ1) is 12.8. The molecule has 0 aromatic heterocycles. The Bertz CT molecular complexity index is 578. The van der Waals surface area contributed by atoms with Crippen LogP contribution in [0.25, 0.3) is 5.57 Å². The Balaban J connectivity index is 2.51. The third-order valence-corrected chi connectivity index (χ3v) is 5.44. The second-order valence-electron chi connectivity index (χ2n) is 4.20. The minimum Gasteiger partial charge on any atom is -0.317 e. The van der Waals surface area contributed by atoms with Crippen molar-refractivity contribution in [2.45, 2.75) is 24.3 Å². The molecule has 3 nitrogen and oxygen atoms in total. The summed E-state index contributed by atoms with van der Waals surface area (Å²) in [6.07, 6.45) is 0.708. The van der Waals surface area contributed by atoms with E-state index >= 15 is 0 Å². The summed E-state index contributed by atoms with van der Waals surface area (Å²) in [5.74, 6) is 0. The molecule has 0 bridgehead atoms. The van der Waals surface area contributed by atoms with Gasteiger partial charge in [-0.1, -0.05) is 12.1 Å². The molecule has 17 heavy (non-hydrogen) atoms. The van der Waals surface area contributed by atoms with Crippen LogP contribution in [0.4, 0.5) is 0 Å². The van der Waals surface area contributed by atoms with Crippen LogP contribution >= 0.6 is 15.9 Å². The number of rotatable bonds is 3. The normalized spacial score (nSPS) is 18.6. The molecular weight excluding hydrogens is 302 g/mol. The van der Waals surface area contributed by atoms with E-state index in [1.54, 1.807) is 6.07 Å². The molecule has 1 aromatic rings. The third kappa shape index (κ3) is 2.32. The fourth-order valence-electron chi connectivity index (χ4n) is 1.95. The summed E-state index contributed by atoms with van der Waals surface area (Å²) in [4.78, 5) is 0.401. The van der Waals surface area contributed by atoms with Crippen molar-refractivity contribution >= 4 is 31.3 Å². The number of sulfone groups is 1. The van der Waals surface area contributed by atoms with Gasteiger partial charge in [-0.05, 0) is 53.5 Å². The van der Waals surface area contributed by atoms with E-state index in [4.69, 9.17) is 0 Å². The van der Waals surface area contributed by atoms with Crippen LogP contribution < -0.4 is 5.32 Å². The molecule has 0 spiro atoms. The molecule has 0 amide bonds. The lowest BCUT2D eigenvalue weighted by Crippen LogP contribution is -2.21. The number of hydrogen-bond acceptors (Lipinski definition) is 3. The standard InChI is InChI=1S/C12H14BrNO2S/c1-8(14-2)6-9-7-17(15,16)12-10(9)4-3-5-11(12)13/h3-5,7-8,14H,6H2,1-2H3. The van der Waals surface area contributed by atoms with Crippen LogP contribution in [-0.4, -0.2) is 21.5 Å². The third-order valence-electron chi connectivity index (χ3n) is 2.91. The SMILES string of the molecule is CNC(C)CC1=CS(=O)(=O)c2c(Br)cccc21. The van der Waals surface area contributed by atoms with E-state index in [1.807, 2.05) is 26.1 Å². The van der Waals surface area contributed by atoms with Crippen molar-refractivity contribution in [3.63, 3.8) is 0 Å². The number of halogens is 1. The van der Waals surface area contributed by atoms with Gasteiger partial charge in [-0.25, -0.2) is 8.42 Å². The van der Waals surface area contributed by atoms with Crippen LogP contribution in [0, 0.1) is 0 Å². The van der Waals surface area contributed by atoms with E-state index in [2.05, 4.69) is 21.2 Å². The molecule has 0 aliphatic carbocycles. The zero-order valence-corrected chi connectivity index (χ0v) is 12.1. The van der Waals surface area contributed by atoms with E-state index in [9.17, 15) is 8.42 Å². The van der Waals surface area contributed by atoms with Crippen LogP contribution in [0.5, 0.6) is 0 Å². The second-order valence-corrected chi connectivity index (χ2v) is 6.79. The minimum atomic E-state index is -3.28. The smallest absolute Gasteiger partial charge is 0.201 e. The molecule has 0 saturated heterocycles. The Morgan fingerprint density at radius 2 is 2.12 bits per heavy atom. The number of fused-ring (bicyclic) bond motifs is 1. The van der Waals surface area contributed by atoms with Gasteiger partial charge in [-0.2, -0.15) is 0 Å². The first-order valence-electron chi connectivity index (χ1n) is 5.37.